The zero-order valence-corrected chi connectivity index (χ0v) is 23.5. The van der Waals surface area contributed by atoms with Crippen LogP contribution in [0.1, 0.15) is 47.7 Å². The van der Waals surface area contributed by atoms with Gasteiger partial charge in [0.25, 0.3) is 5.91 Å². The fourth-order valence-electron chi connectivity index (χ4n) is 5.36. The summed E-state index contributed by atoms with van der Waals surface area (Å²) >= 11 is 0. The molecule has 12 heteroatoms. The molecule has 0 spiro atoms. The number of anilines is 1. The first-order valence-electron chi connectivity index (χ1n) is 13.9. The molecule has 6 rings (SSSR count). The number of aromatic nitrogens is 6. The second kappa shape index (κ2) is 11.9. The molecule has 1 unspecified atom stereocenters. The molecule has 42 heavy (non-hydrogen) atoms. The van der Waals surface area contributed by atoms with Crippen molar-refractivity contribution in [2.45, 2.75) is 25.8 Å². The van der Waals surface area contributed by atoms with Crippen LogP contribution < -0.4 is 5.32 Å². The summed E-state index contributed by atoms with van der Waals surface area (Å²) in [5, 5.41) is 15.7. The summed E-state index contributed by atoms with van der Waals surface area (Å²) < 4.78 is 5.94. The first-order valence-corrected chi connectivity index (χ1v) is 13.9. The summed E-state index contributed by atoms with van der Waals surface area (Å²) in [7, 11) is 1.77. The summed E-state index contributed by atoms with van der Waals surface area (Å²) in [5.41, 5.74) is 3.95. The zero-order valence-electron chi connectivity index (χ0n) is 23.5. The number of hydrogen-bond acceptors (Lipinski definition) is 9. The van der Waals surface area contributed by atoms with Crippen LogP contribution in [-0.4, -0.2) is 78.0 Å². The third kappa shape index (κ3) is 5.88. The Morgan fingerprint density at radius 3 is 2.48 bits per heavy atom. The minimum atomic E-state index is -0.161. The van der Waals surface area contributed by atoms with Crippen LogP contribution in [0.15, 0.2) is 71.3 Å². The van der Waals surface area contributed by atoms with E-state index in [1.807, 2.05) is 23.1 Å². The van der Waals surface area contributed by atoms with Crippen LogP contribution in [0.25, 0.3) is 22.6 Å². The highest BCUT2D eigenvalue weighted by Gasteiger charge is 2.28. The van der Waals surface area contributed by atoms with Crippen molar-refractivity contribution in [3.05, 3.63) is 83.9 Å². The van der Waals surface area contributed by atoms with Crippen LogP contribution in [-0.2, 0) is 11.8 Å². The molecule has 1 aliphatic heterocycles. The zero-order chi connectivity index (χ0) is 29.1. The van der Waals surface area contributed by atoms with Gasteiger partial charge in [0.05, 0.1) is 13.1 Å². The molecule has 1 N–H and O–H groups in total. The SMILES string of the molecule is CC(=O)Nc1ccc2oc(-c3ccnc(C(=O)N4CCCN(C(c5ccccc5)c5nnn(C)n5)CCC4)c3)nc2c1. The first kappa shape index (κ1) is 27.2. The molecule has 1 fully saturated rings. The van der Waals surface area contributed by atoms with Crippen molar-refractivity contribution in [2.75, 3.05) is 31.5 Å². The van der Waals surface area contributed by atoms with Crippen LogP contribution in [0.4, 0.5) is 5.69 Å². The van der Waals surface area contributed by atoms with Crippen molar-refractivity contribution in [1.29, 1.82) is 0 Å². The molecule has 1 aliphatic rings. The number of nitrogens with one attached hydrogen (secondary N) is 1. The van der Waals surface area contributed by atoms with E-state index in [1.54, 1.807) is 43.6 Å². The number of oxazole rings is 1. The lowest BCUT2D eigenvalue weighted by Crippen LogP contribution is -2.41. The van der Waals surface area contributed by atoms with Crippen molar-refractivity contribution in [3.63, 3.8) is 0 Å². The van der Waals surface area contributed by atoms with Crippen molar-refractivity contribution in [2.24, 2.45) is 7.05 Å². The molecule has 12 nitrogen and oxygen atoms in total. The van der Waals surface area contributed by atoms with Gasteiger partial charge in [-0.3, -0.25) is 19.5 Å². The Hall–Kier alpha value is -4.97. The van der Waals surface area contributed by atoms with Gasteiger partial charge in [-0.05, 0) is 54.0 Å². The summed E-state index contributed by atoms with van der Waals surface area (Å²) in [5.74, 6) is 0.772. The number of tetrazole rings is 1. The molecule has 2 amide bonds. The van der Waals surface area contributed by atoms with Crippen LogP contribution >= 0.6 is 0 Å². The lowest BCUT2D eigenvalue weighted by Gasteiger charge is -2.34. The predicted octanol–water partition coefficient (Wildman–Crippen LogP) is 3.70. The average molecular weight is 566 g/mol. The fourth-order valence-corrected chi connectivity index (χ4v) is 5.36. The van der Waals surface area contributed by atoms with Crippen molar-refractivity contribution in [3.8, 4) is 11.5 Å². The molecule has 0 bridgehead atoms. The van der Waals surface area contributed by atoms with Crippen molar-refractivity contribution >= 4 is 28.6 Å². The quantitative estimate of drug-likeness (QED) is 0.327. The molecule has 3 aromatic heterocycles. The number of amides is 2. The van der Waals surface area contributed by atoms with E-state index in [4.69, 9.17) is 4.42 Å². The largest absolute Gasteiger partial charge is 0.436 e. The Morgan fingerprint density at radius 1 is 0.976 bits per heavy atom. The van der Waals surface area contributed by atoms with Crippen molar-refractivity contribution < 1.29 is 14.0 Å². The monoisotopic (exact) mass is 565 g/mol. The van der Waals surface area contributed by atoms with Gasteiger partial charge in [0.1, 0.15) is 11.2 Å². The van der Waals surface area contributed by atoms with Crippen LogP contribution in [0.5, 0.6) is 0 Å². The highest BCUT2D eigenvalue weighted by Crippen LogP contribution is 2.29. The molecule has 0 radical (unpaired) electrons. The third-order valence-electron chi connectivity index (χ3n) is 7.22. The second-order valence-electron chi connectivity index (χ2n) is 10.3. The molecule has 5 aromatic rings. The number of rotatable bonds is 6. The maximum Gasteiger partial charge on any atom is 0.272 e. The molecular formula is C30H31N9O3. The van der Waals surface area contributed by atoms with E-state index >= 15 is 0 Å². The standard InChI is InChI=1S/C30H31N9O3/c1-20(40)32-23-10-11-26-24(19-23)33-29(42-26)22-12-13-31-25(18-22)30(41)39-16-6-14-38(15-7-17-39)27(21-8-4-3-5-9-21)28-34-36-37(2)35-28/h3-5,8-13,18-19,27H,6-7,14-17H2,1-2H3,(H,32,40). The van der Waals surface area contributed by atoms with Gasteiger partial charge < -0.3 is 14.6 Å². The number of aryl methyl sites for hydroxylation is 1. The van der Waals surface area contributed by atoms with E-state index in [1.165, 1.54) is 11.7 Å². The predicted molar refractivity (Wildman–Crippen MR) is 155 cm³/mol. The van der Waals surface area contributed by atoms with Gasteiger partial charge in [0.2, 0.25) is 11.8 Å². The van der Waals surface area contributed by atoms with Gasteiger partial charge in [-0.1, -0.05) is 30.3 Å². The van der Waals surface area contributed by atoms with Gasteiger partial charge in [-0.2, -0.15) is 4.80 Å². The van der Waals surface area contributed by atoms with Gasteiger partial charge in [-0.25, -0.2) is 4.98 Å². The van der Waals surface area contributed by atoms with E-state index < -0.39 is 0 Å². The van der Waals surface area contributed by atoms with Crippen LogP contribution in [0.3, 0.4) is 0 Å². The van der Waals surface area contributed by atoms with Crippen molar-refractivity contribution in [1.82, 2.24) is 40.0 Å². The number of pyridine rings is 1. The Morgan fingerprint density at radius 2 is 1.76 bits per heavy atom. The summed E-state index contributed by atoms with van der Waals surface area (Å²) in [6.07, 6.45) is 3.18. The van der Waals surface area contributed by atoms with Gasteiger partial charge in [0, 0.05) is 50.6 Å². The van der Waals surface area contributed by atoms with E-state index in [0.29, 0.717) is 52.8 Å². The lowest BCUT2D eigenvalue weighted by atomic mass is 10.0. The first-order chi connectivity index (χ1) is 20.4. The molecule has 0 aliphatic carbocycles. The Balaban J connectivity index is 1.16. The Bertz CT molecular complexity index is 1710. The maximum absolute atomic E-state index is 13.6. The van der Waals surface area contributed by atoms with E-state index in [2.05, 4.69) is 47.7 Å². The topological polar surface area (TPSA) is 135 Å². The van der Waals surface area contributed by atoms with Gasteiger partial charge in [0.15, 0.2) is 11.4 Å². The highest BCUT2D eigenvalue weighted by molar-refractivity contribution is 5.94. The Kier molecular flexibility index (Phi) is 7.69. The summed E-state index contributed by atoms with van der Waals surface area (Å²) in [6.45, 7) is 4.21. The summed E-state index contributed by atoms with van der Waals surface area (Å²) in [4.78, 5) is 39.6. The number of benzene rings is 2. The lowest BCUT2D eigenvalue weighted by molar-refractivity contribution is -0.114. The Labute approximate surface area is 242 Å². The highest BCUT2D eigenvalue weighted by atomic mass is 16.3. The molecular weight excluding hydrogens is 534 g/mol. The van der Waals surface area contributed by atoms with Crippen LogP contribution in [0, 0.1) is 0 Å². The molecule has 1 atom stereocenters. The van der Waals surface area contributed by atoms with E-state index in [9.17, 15) is 9.59 Å². The molecule has 214 valence electrons. The van der Waals surface area contributed by atoms with Crippen LogP contribution in [0.2, 0.25) is 0 Å². The number of hydrogen-bond donors (Lipinski definition) is 1. The normalized spacial score (nSPS) is 15.2. The maximum atomic E-state index is 13.6. The van der Waals surface area contributed by atoms with Gasteiger partial charge in [-0.15, -0.1) is 10.2 Å². The summed E-state index contributed by atoms with van der Waals surface area (Å²) in [6, 6.07) is 18.9. The number of carbonyl (C=O) groups is 2. The molecule has 0 saturated carbocycles. The minimum absolute atomic E-state index is 0.105. The fraction of sp³-hybridized carbons (Fsp3) is 0.300. The minimum Gasteiger partial charge on any atom is -0.436 e. The molecule has 4 heterocycles. The number of nitrogens with zero attached hydrogens (tertiary/aromatic N) is 8. The van der Waals surface area contributed by atoms with Gasteiger partial charge >= 0.3 is 0 Å². The van der Waals surface area contributed by atoms with E-state index in [0.717, 1.165) is 31.5 Å². The molecule has 1 saturated heterocycles. The smallest absolute Gasteiger partial charge is 0.272 e. The van der Waals surface area contributed by atoms with E-state index in [-0.39, 0.29) is 17.9 Å². The number of carbonyl (C=O) groups excluding carboxylic acids is 2. The third-order valence-corrected chi connectivity index (χ3v) is 7.22. The second-order valence-corrected chi connectivity index (χ2v) is 10.3. The number of fused-ring (bicyclic) bond motifs is 1. The molecule has 2 aromatic carbocycles. The average Bonchev–Trinajstić information content (AvgIpc) is 3.60.